The molecule has 1 atom stereocenters. The molecule has 0 bridgehead atoms. The molecule has 1 aliphatic rings. The highest BCUT2D eigenvalue weighted by molar-refractivity contribution is 6.00. The van der Waals surface area contributed by atoms with Gasteiger partial charge in [0, 0.05) is 0 Å². The molecule has 0 aliphatic carbocycles. The predicted molar refractivity (Wildman–Crippen MR) is 50.5 cm³/mol. The zero-order valence-corrected chi connectivity index (χ0v) is 8.47. The van der Waals surface area contributed by atoms with Crippen LogP contribution in [0.2, 0.25) is 0 Å². The van der Waals surface area contributed by atoms with Gasteiger partial charge in [0.05, 0.1) is 12.0 Å². The second-order valence-electron chi connectivity index (χ2n) is 3.93. The van der Waals surface area contributed by atoms with Crippen LogP contribution < -0.4 is 4.74 Å². The number of hydrogen-bond donors (Lipinski definition) is 0. The average molecular weight is 230 g/mol. The van der Waals surface area contributed by atoms with Gasteiger partial charge >= 0.3 is 6.18 Å². The number of hydrogen-bond acceptors (Lipinski definition) is 2. The van der Waals surface area contributed by atoms with Crippen LogP contribution in [-0.2, 0) is 0 Å². The third-order valence-electron chi connectivity index (χ3n) is 2.62. The number of fused-ring (bicyclic) bond motifs is 1. The van der Waals surface area contributed by atoms with Gasteiger partial charge in [0.1, 0.15) is 5.75 Å². The fourth-order valence-corrected chi connectivity index (χ4v) is 1.62. The Morgan fingerprint density at radius 3 is 2.56 bits per heavy atom. The van der Waals surface area contributed by atoms with E-state index in [1.165, 1.54) is 18.2 Å². The summed E-state index contributed by atoms with van der Waals surface area (Å²) in [5.41, 5.74) is -2.21. The van der Waals surface area contributed by atoms with Crippen LogP contribution in [-0.4, -0.2) is 17.6 Å². The van der Waals surface area contributed by atoms with Crippen molar-refractivity contribution in [2.24, 2.45) is 0 Å². The van der Waals surface area contributed by atoms with Crippen LogP contribution in [0.5, 0.6) is 5.75 Å². The lowest BCUT2D eigenvalue weighted by molar-refractivity contribution is -0.241. The summed E-state index contributed by atoms with van der Waals surface area (Å²) in [7, 11) is 0. The molecule has 1 heterocycles. The minimum atomic E-state index is -4.56. The van der Waals surface area contributed by atoms with E-state index in [0.717, 1.165) is 6.92 Å². The molecule has 0 fully saturated rings. The second kappa shape index (κ2) is 3.23. The molecule has 0 amide bonds. The van der Waals surface area contributed by atoms with E-state index in [1.807, 2.05) is 0 Å². The first-order valence-electron chi connectivity index (χ1n) is 4.71. The molecule has 1 unspecified atom stereocenters. The number of halogens is 3. The van der Waals surface area contributed by atoms with Crippen LogP contribution in [0.3, 0.4) is 0 Å². The summed E-state index contributed by atoms with van der Waals surface area (Å²) >= 11 is 0. The number of carbonyl (C=O) groups is 1. The van der Waals surface area contributed by atoms with Crippen molar-refractivity contribution in [3.8, 4) is 5.75 Å². The minimum Gasteiger partial charge on any atom is -0.477 e. The van der Waals surface area contributed by atoms with Crippen molar-refractivity contribution in [3.63, 3.8) is 0 Å². The summed E-state index contributed by atoms with van der Waals surface area (Å²) < 4.78 is 43.1. The van der Waals surface area contributed by atoms with Gasteiger partial charge in [-0.25, -0.2) is 0 Å². The number of alkyl halides is 3. The van der Waals surface area contributed by atoms with Gasteiger partial charge in [-0.15, -0.1) is 0 Å². The Labute approximate surface area is 90.0 Å². The van der Waals surface area contributed by atoms with Crippen molar-refractivity contribution >= 4 is 5.78 Å². The highest BCUT2D eigenvalue weighted by atomic mass is 19.4. The van der Waals surface area contributed by atoms with Gasteiger partial charge in [-0.2, -0.15) is 13.2 Å². The van der Waals surface area contributed by atoms with Gasteiger partial charge in [-0.1, -0.05) is 12.1 Å². The molecule has 0 aromatic heterocycles. The molecular weight excluding hydrogens is 221 g/mol. The summed E-state index contributed by atoms with van der Waals surface area (Å²) in [6.45, 7) is 0.890. The first-order chi connectivity index (χ1) is 7.33. The first kappa shape index (κ1) is 11.0. The van der Waals surface area contributed by atoms with E-state index in [4.69, 9.17) is 4.74 Å². The molecule has 1 aromatic carbocycles. The number of carbonyl (C=O) groups excluding carboxylic acids is 1. The Balaban J connectivity index is 2.46. The van der Waals surface area contributed by atoms with E-state index in [1.54, 1.807) is 6.07 Å². The molecule has 2 nitrogen and oxygen atoms in total. The lowest BCUT2D eigenvalue weighted by Gasteiger charge is -2.36. The number of rotatable bonds is 0. The molecule has 86 valence electrons. The largest absolute Gasteiger partial charge is 0.477 e. The molecule has 0 spiro atoms. The van der Waals surface area contributed by atoms with Crippen LogP contribution in [0.1, 0.15) is 23.7 Å². The van der Waals surface area contributed by atoms with E-state index in [9.17, 15) is 18.0 Å². The molecule has 1 aliphatic heterocycles. The monoisotopic (exact) mass is 230 g/mol. The van der Waals surface area contributed by atoms with Gasteiger partial charge < -0.3 is 4.74 Å². The normalized spacial score (nSPS) is 24.9. The fourth-order valence-electron chi connectivity index (χ4n) is 1.62. The predicted octanol–water partition coefficient (Wildman–Crippen LogP) is 2.97. The fraction of sp³-hybridized carbons (Fsp3) is 0.364. The van der Waals surface area contributed by atoms with E-state index in [2.05, 4.69) is 0 Å². The van der Waals surface area contributed by atoms with Crippen molar-refractivity contribution < 1.29 is 22.7 Å². The zero-order valence-electron chi connectivity index (χ0n) is 8.47. The second-order valence-corrected chi connectivity index (χ2v) is 3.93. The Hall–Kier alpha value is -1.52. The molecule has 16 heavy (non-hydrogen) atoms. The van der Waals surface area contributed by atoms with E-state index in [0.29, 0.717) is 0 Å². The summed E-state index contributed by atoms with van der Waals surface area (Å²) in [4.78, 5) is 11.6. The Morgan fingerprint density at radius 2 is 1.94 bits per heavy atom. The Bertz CT molecular complexity index is 439. The summed E-state index contributed by atoms with van der Waals surface area (Å²) in [6.07, 6.45) is -5.23. The maximum Gasteiger partial charge on any atom is 0.428 e. The molecule has 0 saturated carbocycles. The number of para-hydroxylation sites is 1. The van der Waals surface area contributed by atoms with Gasteiger partial charge in [0.25, 0.3) is 0 Å². The van der Waals surface area contributed by atoms with Crippen LogP contribution in [0.4, 0.5) is 13.2 Å². The SMILES string of the molecule is CC1(C(F)(F)F)CC(=O)c2ccccc2O1. The number of ketones is 1. The lowest BCUT2D eigenvalue weighted by atomic mass is 9.91. The van der Waals surface area contributed by atoms with Gasteiger partial charge in [-0.3, -0.25) is 4.79 Å². The summed E-state index contributed by atoms with van der Waals surface area (Å²) in [5.74, 6) is -0.541. The molecule has 1 aromatic rings. The Kier molecular flexibility index (Phi) is 2.22. The molecule has 2 rings (SSSR count). The number of ether oxygens (including phenoxy) is 1. The van der Waals surface area contributed by atoms with Crippen molar-refractivity contribution in [1.82, 2.24) is 0 Å². The third-order valence-corrected chi connectivity index (χ3v) is 2.62. The van der Waals surface area contributed by atoms with Crippen LogP contribution >= 0.6 is 0 Å². The quantitative estimate of drug-likeness (QED) is 0.684. The lowest BCUT2D eigenvalue weighted by Crippen LogP contribution is -2.51. The molecular formula is C11H9F3O2. The summed E-state index contributed by atoms with van der Waals surface area (Å²) in [6, 6.07) is 5.97. The first-order valence-corrected chi connectivity index (χ1v) is 4.71. The van der Waals surface area contributed by atoms with Gasteiger partial charge in [0.2, 0.25) is 5.60 Å². The average Bonchev–Trinajstić information content (AvgIpc) is 2.15. The number of benzene rings is 1. The van der Waals surface area contributed by atoms with Crippen LogP contribution in [0.25, 0.3) is 0 Å². The van der Waals surface area contributed by atoms with Gasteiger partial charge in [-0.05, 0) is 19.1 Å². The maximum atomic E-state index is 12.7. The van der Waals surface area contributed by atoms with Crippen LogP contribution in [0, 0.1) is 0 Å². The number of Topliss-reactive ketones (excluding diaryl/α,β-unsaturated/α-hetero) is 1. The molecule has 5 heteroatoms. The smallest absolute Gasteiger partial charge is 0.428 e. The molecule has 0 saturated heterocycles. The minimum absolute atomic E-state index is 0.00132. The van der Waals surface area contributed by atoms with Crippen molar-refractivity contribution in [2.75, 3.05) is 0 Å². The zero-order chi connectivity index (χ0) is 12.0. The van der Waals surface area contributed by atoms with Crippen molar-refractivity contribution in [1.29, 1.82) is 0 Å². The van der Waals surface area contributed by atoms with Crippen molar-refractivity contribution in [3.05, 3.63) is 29.8 Å². The van der Waals surface area contributed by atoms with E-state index >= 15 is 0 Å². The molecule has 0 radical (unpaired) electrons. The topological polar surface area (TPSA) is 26.3 Å². The summed E-state index contributed by atoms with van der Waals surface area (Å²) in [5, 5.41) is 0. The maximum absolute atomic E-state index is 12.7. The van der Waals surface area contributed by atoms with Gasteiger partial charge in [0.15, 0.2) is 5.78 Å². The van der Waals surface area contributed by atoms with Crippen molar-refractivity contribution in [2.45, 2.75) is 25.1 Å². The Morgan fingerprint density at radius 1 is 1.31 bits per heavy atom. The molecule has 0 N–H and O–H groups in total. The highest BCUT2D eigenvalue weighted by Crippen LogP contribution is 2.42. The van der Waals surface area contributed by atoms with Crippen LogP contribution in [0.15, 0.2) is 24.3 Å². The van der Waals surface area contributed by atoms with E-state index in [-0.39, 0.29) is 11.3 Å². The third kappa shape index (κ3) is 1.56. The highest BCUT2D eigenvalue weighted by Gasteiger charge is 2.56. The van der Waals surface area contributed by atoms with E-state index < -0.39 is 24.0 Å². The standard InChI is InChI=1S/C11H9F3O2/c1-10(11(12,13)14)6-8(15)7-4-2-3-5-9(7)16-10/h2-5H,6H2,1H3.